The van der Waals surface area contributed by atoms with Crippen LogP contribution >= 0.6 is 0 Å². The summed E-state index contributed by atoms with van der Waals surface area (Å²) in [6.07, 6.45) is 7.05. The molecule has 0 unspecified atom stereocenters. The molecule has 0 radical (unpaired) electrons. The third kappa shape index (κ3) is 4.09. The lowest BCUT2D eigenvalue weighted by Crippen LogP contribution is -2.32. The minimum atomic E-state index is -0.0658. The van der Waals surface area contributed by atoms with E-state index in [9.17, 15) is 4.79 Å². The van der Waals surface area contributed by atoms with E-state index in [1.807, 2.05) is 41.2 Å². The summed E-state index contributed by atoms with van der Waals surface area (Å²) in [4.78, 5) is 18.7. The zero-order valence-electron chi connectivity index (χ0n) is 18.6. The molecule has 1 saturated carbocycles. The van der Waals surface area contributed by atoms with Gasteiger partial charge in [-0.1, -0.05) is 36.8 Å². The molecule has 1 aromatic carbocycles. The zero-order chi connectivity index (χ0) is 21.9. The van der Waals surface area contributed by atoms with Crippen molar-refractivity contribution in [1.29, 1.82) is 0 Å². The Morgan fingerprint density at radius 1 is 1.16 bits per heavy atom. The molecule has 1 amide bonds. The highest BCUT2D eigenvalue weighted by Crippen LogP contribution is 2.41. The smallest absolute Gasteiger partial charge is 0.255 e. The van der Waals surface area contributed by atoms with Gasteiger partial charge in [0.25, 0.3) is 5.91 Å². The molecule has 1 aliphatic carbocycles. The number of anilines is 1. The van der Waals surface area contributed by atoms with E-state index in [4.69, 9.17) is 9.72 Å². The van der Waals surface area contributed by atoms with Gasteiger partial charge in [0, 0.05) is 38.3 Å². The quantitative estimate of drug-likeness (QED) is 0.583. The molecule has 2 aliphatic rings. The Balaban J connectivity index is 1.57. The van der Waals surface area contributed by atoms with Gasteiger partial charge in [0.15, 0.2) is 5.65 Å². The molecule has 0 bridgehead atoms. The van der Waals surface area contributed by atoms with Gasteiger partial charge in [-0.25, -0.2) is 9.67 Å². The number of rotatable bonds is 7. The van der Waals surface area contributed by atoms with E-state index in [1.165, 1.54) is 6.42 Å². The maximum Gasteiger partial charge on any atom is 0.255 e. The number of nitrogens with zero attached hydrogens (tertiary/aromatic N) is 3. The molecule has 2 fully saturated rings. The molecule has 0 atom stereocenters. The van der Waals surface area contributed by atoms with E-state index in [2.05, 4.69) is 22.7 Å². The monoisotopic (exact) mass is 433 g/mol. The molecule has 2 aromatic heterocycles. The van der Waals surface area contributed by atoms with E-state index in [0.29, 0.717) is 18.0 Å². The van der Waals surface area contributed by atoms with Gasteiger partial charge in [-0.05, 0) is 38.2 Å². The summed E-state index contributed by atoms with van der Waals surface area (Å²) in [5.41, 5.74) is 4.44. The van der Waals surface area contributed by atoms with E-state index < -0.39 is 0 Å². The van der Waals surface area contributed by atoms with E-state index in [1.54, 1.807) is 0 Å². The number of hydrogen-bond acceptors (Lipinski definition) is 5. The summed E-state index contributed by atoms with van der Waals surface area (Å²) in [5, 5.41) is 12.4. The summed E-state index contributed by atoms with van der Waals surface area (Å²) in [6.45, 7) is 4.79. The van der Waals surface area contributed by atoms with Gasteiger partial charge >= 0.3 is 0 Å². The number of aromatic nitrogens is 3. The number of ether oxygens (including phenoxy) is 1. The molecule has 32 heavy (non-hydrogen) atoms. The predicted octanol–water partition coefficient (Wildman–Crippen LogP) is 4.24. The number of hydrogen-bond donors (Lipinski definition) is 2. The second-order valence-corrected chi connectivity index (χ2v) is 8.77. The van der Waals surface area contributed by atoms with Crippen LogP contribution < -0.4 is 10.6 Å². The summed E-state index contributed by atoms with van der Waals surface area (Å²) in [5.74, 6) is 0.260. The Morgan fingerprint density at radius 2 is 1.94 bits per heavy atom. The first-order valence-corrected chi connectivity index (χ1v) is 11.8. The lowest BCUT2D eigenvalue weighted by atomic mass is 9.80. The topological polar surface area (TPSA) is 81.1 Å². The first kappa shape index (κ1) is 20.9. The molecule has 2 N–H and O–H groups in total. The second-order valence-electron chi connectivity index (χ2n) is 8.77. The van der Waals surface area contributed by atoms with Crippen LogP contribution in [0.2, 0.25) is 0 Å². The van der Waals surface area contributed by atoms with Gasteiger partial charge in [0.2, 0.25) is 0 Å². The molecule has 168 valence electrons. The Hall–Kier alpha value is -2.93. The first-order chi connectivity index (χ1) is 15.7. The largest absolute Gasteiger partial charge is 0.381 e. The van der Waals surface area contributed by atoms with Gasteiger partial charge in [-0.3, -0.25) is 4.79 Å². The normalized spacial score (nSPS) is 17.3. The molecular weight excluding hydrogens is 402 g/mol. The fraction of sp³-hybridized carbons (Fsp3) is 0.480. The fourth-order valence-corrected chi connectivity index (χ4v) is 4.61. The Bertz CT molecular complexity index is 1080. The van der Waals surface area contributed by atoms with Crippen LogP contribution in [0, 0.1) is 0 Å². The summed E-state index contributed by atoms with van der Waals surface area (Å²) >= 11 is 0. The number of pyridine rings is 1. The maximum atomic E-state index is 13.6. The molecule has 5 rings (SSSR count). The Labute approximate surface area is 188 Å². The van der Waals surface area contributed by atoms with Crippen LogP contribution in [0.1, 0.15) is 66.6 Å². The number of nitrogens with one attached hydrogen (secondary N) is 2. The van der Waals surface area contributed by atoms with Crippen molar-refractivity contribution in [3.8, 4) is 0 Å². The van der Waals surface area contributed by atoms with Crippen LogP contribution in [0.4, 0.5) is 5.69 Å². The van der Waals surface area contributed by atoms with Crippen LogP contribution in [0.25, 0.3) is 11.0 Å². The predicted molar refractivity (Wildman–Crippen MR) is 125 cm³/mol. The van der Waals surface area contributed by atoms with E-state index in [-0.39, 0.29) is 11.9 Å². The van der Waals surface area contributed by atoms with Crippen molar-refractivity contribution in [2.24, 2.45) is 0 Å². The van der Waals surface area contributed by atoms with Crippen molar-refractivity contribution in [3.63, 3.8) is 0 Å². The minimum Gasteiger partial charge on any atom is -0.381 e. The van der Waals surface area contributed by atoms with E-state index in [0.717, 1.165) is 73.4 Å². The van der Waals surface area contributed by atoms with Crippen molar-refractivity contribution in [3.05, 3.63) is 53.3 Å². The molecule has 3 heterocycles. The third-order valence-corrected chi connectivity index (χ3v) is 6.70. The van der Waals surface area contributed by atoms with Crippen molar-refractivity contribution in [1.82, 2.24) is 20.1 Å². The zero-order valence-corrected chi connectivity index (χ0v) is 18.6. The molecule has 7 heteroatoms. The number of fused-ring (bicyclic) bond motifs is 1. The molecule has 1 aliphatic heterocycles. The lowest BCUT2D eigenvalue weighted by Gasteiger charge is -2.30. The fourth-order valence-electron chi connectivity index (χ4n) is 4.61. The minimum absolute atomic E-state index is 0.0658. The number of carbonyl (C=O) groups excluding carboxylic acids is 1. The highest BCUT2D eigenvalue weighted by Gasteiger charge is 2.31. The highest BCUT2D eigenvalue weighted by molar-refractivity contribution is 6.08. The number of amides is 1. The van der Waals surface area contributed by atoms with Crippen LogP contribution in [0.5, 0.6) is 0 Å². The molecule has 1 saturated heterocycles. The number of carbonyl (C=O) groups is 1. The number of benzene rings is 1. The van der Waals surface area contributed by atoms with Crippen molar-refractivity contribution < 1.29 is 9.53 Å². The van der Waals surface area contributed by atoms with E-state index >= 15 is 0 Å². The molecule has 3 aromatic rings. The van der Waals surface area contributed by atoms with Gasteiger partial charge < -0.3 is 15.4 Å². The first-order valence-electron chi connectivity index (χ1n) is 11.8. The second kappa shape index (κ2) is 9.28. The molecular formula is C25H31N5O2. The van der Waals surface area contributed by atoms with Gasteiger partial charge in [0.1, 0.15) is 0 Å². The third-order valence-electron chi connectivity index (χ3n) is 6.70. The Kier molecular flexibility index (Phi) is 6.08. The van der Waals surface area contributed by atoms with Gasteiger partial charge in [0.05, 0.1) is 28.5 Å². The number of aryl methyl sites for hydroxylation is 1. The van der Waals surface area contributed by atoms with Crippen LogP contribution in [0.15, 0.2) is 36.5 Å². The highest BCUT2D eigenvalue weighted by atomic mass is 16.5. The van der Waals surface area contributed by atoms with Gasteiger partial charge in [-0.2, -0.15) is 5.10 Å². The van der Waals surface area contributed by atoms with Crippen molar-refractivity contribution in [2.75, 3.05) is 18.5 Å². The van der Waals surface area contributed by atoms with Crippen molar-refractivity contribution >= 4 is 22.6 Å². The Morgan fingerprint density at radius 3 is 2.62 bits per heavy atom. The molecule has 7 nitrogen and oxygen atoms in total. The molecule has 0 spiro atoms. The lowest BCUT2D eigenvalue weighted by molar-refractivity contribution is 0.0903. The summed E-state index contributed by atoms with van der Waals surface area (Å²) < 4.78 is 7.48. The van der Waals surface area contributed by atoms with Crippen LogP contribution in [0.3, 0.4) is 0 Å². The van der Waals surface area contributed by atoms with Crippen LogP contribution in [-0.4, -0.2) is 39.9 Å². The average molecular weight is 434 g/mol. The van der Waals surface area contributed by atoms with Crippen LogP contribution in [-0.2, 0) is 17.8 Å². The SMILES string of the molecule is CCn1ncc2c(NC3CCOCC3)c(C(=O)NCc3ccccc3)c(C3CCC3)nc21. The van der Waals surface area contributed by atoms with Crippen molar-refractivity contribution in [2.45, 2.75) is 64.1 Å². The average Bonchev–Trinajstić information content (AvgIpc) is 3.21. The summed E-state index contributed by atoms with van der Waals surface area (Å²) in [7, 11) is 0. The standard InChI is InChI=1S/C25H31N5O2/c1-2-30-24-20(16-27-30)23(28-19-11-13-32-14-12-19)21(22(29-24)18-9-6-10-18)25(31)26-15-17-7-4-3-5-8-17/h3-5,7-8,16,18-19H,2,6,9-15H2,1H3,(H,26,31)(H,28,29). The maximum absolute atomic E-state index is 13.6. The van der Waals surface area contributed by atoms with Gasteiger partial charge in [-0.15, -0.1) is 0 Å². The summed E-state index contributed by atoms with van der Waals surface area (Å²) in [6, 6.07) is 10.3.